The number of allylic oxidation sites excluding steroid dienone is 1. The van der Waals surface area contributed by atoms with Crippen molar-refractivity contribution in [3.8, 4) is 0 Å². The standard InChI is InChI=1S/C28H38N2O7.C9H17NO2/c1-7-13-29(26(35)36-17-18-11-9-8-10-12-18)15-19(14-21(31)37-27(2,3)4)24(32)30-16-20-22(28(20,5)6)23(30)25(33)34;1-3-4-5-6-7-8(10)9(11)12-2/h7-12,19-20,22-23H,1,13-17H2,2-6H3,(H,33,34);3,8H,1,4-7,10H2,2H3/p+1/t19-,20-,22-,23-;8-/m00/s1. The first-order valence-corrected chi connectivity index (χ1v) is 16.8. The molecule has 0 unspecified atom stereocenters. The van der Waals surface area contributed by atoms with E-state index < -0.39 is 41.5 Å². The van der Waals surface area contributed by atoms with E-state index in [2.05, 4.69) is 23.6 Å². The lowest BCUT2D eigenvalue weighted by Gasteiger charge is -2.33. The summed E-state index contributed by atoms with van der Waals surface area (Å²) >= 11 is 0. The highest BCUT2D eigenvalue weighted by Gasteiger charge is 2.69. The van der Waals surface area contributed by atoms with Crippen molar-refractivity contribution in [2.75, 3.05) is 26.7 Å². The number of carboxylic acid groups (broad SMARTS) is 1. The van der Waals surface area contributed by atoms with E-state index in [1.165, 1.54) is 23.0 Å². The van der Waals surface area contributed by atoms with E-state index in [9.17, 15) is 29.1 Å². The molecule has 1 aromatic carbocycles. The molecule has 0 radical (unpaired) electrons. The number of fused-ring (bicyclic) bond motifs is 1. The summed E-state index contributed by atoms with van der Waals surface area (Å²) in [6.45, 7) is 16.8. The largest absolute Gasteiger partial charge is 0.480 e. The zero-order chi connectivity index (χ0) is 36.9. The van der Waals surface area contributed by atoms with Gasteiger partial charge in [-0.1, -0.05) is 56.3 Å². The third-order valence-corrected chi connectivity index (χ3v) is 8.93. The third kappa shape index (κ3) is 12.3. The highest BCUT2D eigenvalue weighted by Crippen LogP contribution is 2.65. The van der Waals surface area contributed by atoms with Crippen LogP contribution in [0, 0.1) is 23.2 Å². The SMILES string of the molecule is C=CCCCC[C@H]([NH3+])C(=O)OC.C=CCN(C[C@H](CC(=O)OC(C)(C)C)C(=O)N1C[C@H]2[C@@H]([C@H]1C(=O)O)C2(C)C)C(=O)OCc1ccccc1. The normalized spacial score (nSPS) is 19.9. The van der Waals surface area contributed by atoms with Gasteiger partial charge in [-0.05, 0) is 56.9 Å². The van der Waals surface area contributed by atoms with Gasteiger partial charge in [0.2, 0.25) is 5.91 Å². The molecular formula is C37H56N3O9+. The lowest BCUT2D eigenvalue weighted by molar-refractivity contribution is -0.409. The van der Waals surface area contributed by atoms with Crippen molar-refractivity contribution in [2.45, 2.75) is 91.0 Å². The number of methoxy groups -OCH3 is 1. The molecule has 1 aliphatic carbocycles. The van der Waals surface area contributed by atoms with E-state index >= 15 is 0 Å². The number of carboxylic acids is 1. The van der Waals surface area contributed by atoms with Gasteiger partial charge in [0.25, 0.3) is 0 Å². The van der Waals surface area contributed by atoms with Gasteiger partial charge in [0, 0.05) is 32.0 Å². The first kappa shape index (κ1) is 41.0. The molecule has 4 N–H and O–H groups in total. The zero-order valence-corrected chi connectivity index (χ0v) is 30.0. The number of rotatable bonds is 16. The second-order valence-corrected chi connectivity index (χ2v) is 14.2. The number of quaternary nitrogens is 1. The Morgan fingerprint density at radius 3 is 2.31 bits per heavy atom. The molecule has 1 saturated heterocycles. The van der Waals surface area contributed by atoms with E-state index in [1.807, 2.05) is 50.3 Å². The van der Waals surface area contributed by atoms with Crippen LogP contribution in [-0.2, 0) is 40.0 Å². The summed E-state index contributed by atoms with van der Waals surface area (Å²) in [5.41, 5.74) is 3.59. The van der Waals surface area contributed by atoms with Gasteiger partial charge in [0.15, 0.2) is 6.04 Å². The average Bonchev–Trinajstić information content (AvgIpc) is 3.34. The minimum absolute atomic E-state index is 0.0453. The van der Waals surface area contributed by atoms with Gasteiger partial charge in [-0.3, -0.25) is 9.59 Å². The van der Waals surface area contributed by atoms with Gasteiger partial charge in [-0.15, -0.1) is 13.2 Å². The van der Waals surface area contributed by atoms with Crippen molar-refractivity contribution in [3.05, 3.63) is 61.2 Å². The number of unbranched alkanes of at least 4 members (excludes halogenated alkanes) is 2. The maximum atomic E-state index is 13.7. The van der Waals surface area contributed by atoms with Crippen LogP contribution in [0.5, 0.6) is 0 Å². The lowest BCUT2D eigenvalue weighted by atomic mass is 9.97. The molecule has 0 aromatic heterocycles. The second-order valence-electron chi connectivity index (χ2n) is 14.2. The van der Waals surface area contributed by atoms with E-state index in [1.54, 1.807) is 20.8 Å². The van der Waals surface area contributed by atoms with E-state index in [0.29, 0.717) is 6.54 Å². The van der Waals surface area contributed by atoms with Crippen molar-refractivity contribution in [3.63, 3.8) is 0 Å². The highest BCUT2D eigenvalue weighted by atomic mass is 16.6. The van der Waals surface area contributed by atoms with Crippen LogP contribution in [-0.4, -0.2) is 89.2 Å². The molecule has 1 aliphatic heterocycles. The number of nitrogens with zero attached hydrogens (tertiary/aromatic N) is 2. The summed E-state index contributed by atoms with van der Waals surface area (Å²) in [6, 6.07) is 8.00. The van der Waals surface area contributed by atoms with Crippen molar-refractivity contribution in [2.24, 2.45) is 23.2 Å². The number of esters is 2. The fourth-order valence-corrected chi connectivity index (χ4v) is 6.26. The molecule has 49 heavy (non-hydrogen) atoms. The highest BCUT2D eigenvalue weighted by molar-refractivity contribution is 5.89. The predicted molar refractivity (Wildman–Crippen MR) is 184 cm³/mol. The fourth-order valence-electron chi connectivity index (χ4n) is 6.26. The van der Waals surface area contributed by atoms with Crippen LogP contribution < -0.4 is 5.73 Å². The number of carbonyl (C=O) groups is 5. The summed E-state index contributed by atoms with van der Waals surface area (Å²) in [5, 5.41) is 9.93. The molecule has 12 heteroatoms. The molecular weight excluding hydrogens is 630 g/mol. The number of amides is 2. The Balaban J connectivity index is 0.000000591. The predicted octanol–water partition coefficient (Wildman–Crippen LogP) is 4.24. The van der Waals surface area contributed by atoms with Gasteiger partial charge in [0.05, 0.1) is 19.4 Å². The minimum Gasteiger partial charge on any atom is -0.480 e. The number of carbonyl (C=O) groups excluding carboxylic acids is 4. The topological polar surface area (TPSA) is 167 Å². The molecule has 2 aliphatic rings. The summed E-state index contributed by atoms with van der Waals surface area (Å²) in [4.78, 5) is 65.1. The number of hydrogen-bond acceptors (Lipinski definition) is 8. The van der Waals surface area contributed by atoms with Crippen LogP contribution >= 0.6 is 0 Å². The molecule has 2 amide bonds. The first-order chi connectivity index (χ1) is 23.0. The van der Waals surface area contributed by atoms with Crippen LogP contribution in [0.1, 0.15) is 72.3 Å². The van der Waals surface area contributed by atoms with Gasteiger partial charge >= 0.3 is 24.0 Å². The maximum Gasteiger partial charge on any atom is 0.410 e. The van der Waals surface area contributed by atoms with Crippen LogP contribution in [0.3, 0.4) is 0 Å². The number of hydrogen-bond donors (Lipinski definition) is 2. The minimum atomic E-state index is -1.06. The van der Waals surface area contributed by atoms with Crippen LogP contribution in [0.4, 0.5) is 4.79 Å². The summed E-state index contributed by atoms with van der Waals surface area (Å²) < 4.78 is 15.4. The first-order valence-electron chi connectivity index (χ1n) is 16.8. The van der Waals surface area contributed by atoms with Gasteiger partial charge in [0.1, 0.15) is 18.2 Å². The molecule has 3 rings (SSSR count). The molecule has 12 nitrogen and oxygen atoms in total. The molecule has 0 bridgehead atoms. The van der Waals surface area contributed by atoms with Crippen molar-refractivity contribution in [1.29, 1.82) is 0 Å². The number of ether oxygens (including phenoxy) is 3. The Kier molecular flexibility index (Phi) is 15.5. The Bertz CT molecular complexity index is 1310. The Morgan fingerprint density at radius 1 is 1.10 bits per heavy atom. The zero-order valence-electron chi connectivity index (χ0n) is 30.0. The fraction of sp³-hybridized carbons (Fsp3) is 0.595. The van der Waals surface area contributed by atoms with Crippen LogP contribution in [0.2, 0.25) is 0 Å². The number of benzene rings is 1. The van der Waals surface area contributed by atoms with E-state index in [0.717, 1.165) is 31.2 Å². The molecule has 1 heterocycles. The second kappa shape index (κ2) is 18.5. The summed E-state index contributed by atoms with van der Waals surface area (Å²) in [6.07, 6.45) is 6.33. The van der Waals surface area contributed by atoms with Gasteiger partial charge < -0.3 is 34.9 Å². The molecule has 1 saturated carbocycles. The van der Waals surface area contributed by atoms with E-state index in [-0.39, 0.29) is 55.4 Å². The number of aliphatic carboxylic acids is 1. The quantitative estimate of drug-likeness (QED) is 0.112. The number of likely N-dealkylation sites (tertiary alicyclic amines) is 1. The Labute approximate surface area is 290 Å². The van der Waals surface area contributed by atoms with Gasteiger partial charge in [-0.2, -0.15) is 0 Å². The van der Waals surface area contributed by atoms with E-state index in [4.69, 9.17) is 9.47 Å². The van der Waals surface area contributed by atoms with Crippen molar-refractivity contribution >= 4 is 29.9 Å². The Hall–Kier alpha value is -4.19. The van der Waals surface area contributed by atoms with Crippen LogP contribution in [0.25, 0.3) is 0 Å². The lowest BCUT2D eigenvalue weighted by Crippen LogP contribution is -2.65. The smallest absolute Gasteiger partial charge is 0.410 e. The van der Waals surface area contributed by atoms with Crippen molar-refractivity contribution < 1.29 is 49.0 Å². The molecule has 2 fully saturated rings. The van der Waals surface area contributed by atoms with Crippen molar-refractivity contribution in [1.82, 2.24) is 9.80 Å². The number of piperidine rings is 1. The molecule has 1 aromatic rings. The molecule has 5 atom stereocenters. The average molecular weight is 687 g/mol. The van der Waals surface area contributed by atoms with Gasteiger partial charge in [-0.25, -0.2) is 14.4 Å². The molecule has 0 spiro atoms. The third-order valence-electron chi connectivity index (χ3n) is 8.93. The van der Waals surface area contributed by atoms with Crippen LogP contribution in [0.15, 0.2) is 55.6 Å². The summed E-state index contributed by atoms with van der Waals surface area (Å²) in [7, 11) is 1.39. The maximum absolute atomic E-state index is 13.7. The summed E-state index contributed by atoms with van der Waals surface area (Å²) in [5.74, 6) is -3.41. The Morgan fingerprint density at radius 2 is 1.76 bits per heavy atom. The monoisotopic (exact) mass is 686 g/mol. The molecule has 272 valence electrons.